The van der Waals surface area contributed by atoms with E-state index in [0.29, 0.717) is 24.5 Å². The van der Waals surface area contributed by atoms with Crippen LogP contribution in [0.1, 0.15) is 22.6 Å². The topological polar surface area (TPSA) is 112 Å². The summed E-state index contributed by atoms with van der Waals surface area (Å²) >= 11 is 1.77. The van der Waals surface area contributed by atoms with Gasteiger partial charge in [-0.15, -0.1) is 0 Å². The highest BCUT2D eigenvalue weighted by Crippen LogP contribution is 2.12. The Hall–Kier alpha value is -2.68. The van der Waals surface area contributed by atoms with E-state index in [1.165, 1.54) is 0 Å². The van der Waals surface area contributed by atoms with Gasteiger partial charge in [-0.2, -0.15) is 11.8 Å². The van der Waals surface area contributed by atoms with Crippen molar-refractivity contribution in [2.45, 2.75) is 19.1 Å². The first-order chi connectivity index (χ1) is 12.2. The molecule has 0 aliphatic heterocycles. The maximum Gasteiger partial charge on any atom is 0.255 e. The van der Waals surface area contributed by atoms with Crippen LogP contribution < -0.4 is 10.9 Å². The zero-order valence-corrected chi connectivity index (χ0v) is 14.6. The average Bonchev–Trinajstić information content (AvgIpc) is 3.03. The van der Waals surface area contributed by atoms with Crippen molar-refractivity contribution >= 4 is 17.7 Å². The molecule has 0 aliphatic rings. The Morgan fingerprint density at radius 2 is 2.12 bits per heavy atom. The van der Waals surface area contributed by atoms with Gasteiger partial charge in [0.15, 0.2) is 0 Å². The molecule has 0 unspecified atom stereocenters. The molecule has 3 aromatic rings. The van der Waals surface area contributed by atoms with Gasteiger partial charge in [-0.05, 0) is 6.92 Å². The van der Waals surface area contributed by atoms with Crippen molar-refractivity contribution < 1.29 is 0 Å². The molecule has 0 saturated heterocycles. The molecule has 0 spiro atoms. The van der Waals surface area contributed by atoms with Crippen molar-refractivity contribution in [2.75, 3.05) is 17.6 Å². The highest BCUT2D eigenvalue weighted by Gasteiger charge is 2.05. The summed E-state index contributed by atoms with van der Waals surface area (Å²) in [7, 11) is 0. The number of aromatic amines is 2. The highest BCUT2D eigenvalue weighted by atomic mass is 32.2. The Bertz CT molecular complexity index is 862. The van der Waals surface area contributed by atoms with Crippen LogP contribution >= 0.6 is 11.8 Å². The Kier molecular flexibility index (Phi) is 5.78. The lowest BCUT2D eigenvalue weighted by molar-refractivity contribution is 0.968. The molecule has 0 bridgehead atoms. The van der Waals surface area contributed by atoms with Crippen LogP contribution in [-0.4, -0.2) is 42.2 Å². The van der Waals surface area contributed by atoms with Crippen LogP contribution in [0, 0.1) is 6.92 Å². The molecule has 0 atom stereocenters. The maximum atomic E-state index is 12.1. The summed E-state index contributed by atoms with van der Waals surface area (Å²) in [6, 6.07) is 0. The van der Waals surface area contributed by atoms with Gasteiger partial charge in [-0.1, -0.05) is 0 Å². The van der Waals surface area contributed by atoms with Crippen LogP contribution in [0.5, 0.6) is 0 Å². The van der Waals surface area contributed by atoms with E-state index in [9.17, 15) is 4.79 Å². The minimum Gasteiger partial charge on any atom is -0.355 e. The van der Waals surface area contributed by atoms with Crippen LogP contribution in [0.4, 0.5) is 5.95 Å². The fraction of sp³-hybridized carbons (Fsp3) is 0.312. The van der Waals surface area contributed by atoms with Gasteiger partial charge in [-0.3, -0.25) is 19.7 Å². The summed E-state index contributed by atoms with van der Waals surface area (Å²) in [6.07, 6.45) is 8.55. The molecule has 0 amide bonds. The SMILES string of the molecule is Cc1[nH]cnc1CSCCNc1ncc(Cc2cnccn2)c(=O)[nH]1. The zero-order chi connectivity index (χ0) is 17.5. The molecular weight excluding hydrogens is 338 g/mol. The van der Waals surface area contributed by atoms with Crippen LogP contribution in [0.15, 0.2) is 35.9 Å². The normalized spacial score (nSPS) is 10.8. The molecule has 3 rings (SSSR count). The van der Waals surface area contributed by atoms with Gasteiger partial charge in [0, 0.05) is 60.5 Å². The number of aromatic nitrogens is 6. The second kappa shape index (κ2) is 8.43. The molecule has 0 aliphatic carbocycles. The first kappa shape index (κ1) is 17.2. The Labute approximate surface area is 149 Å². The maximum absolute atomic E-state index is 12.1. The number of H-pyrrole nitrogens is 2. The van der Waals surface area contributed by atoms with E-state index in [0.717, 1.165) is 28.6 Å². The third-order valence-electron chi connectivity index (χ3n) is 3.57. The number of thioether (sulfide) groups is 1. The molecule has 9 heteroatoms. The molecule has 0 saturated carbocycles. The number of nitrogens with zero attached hydrogens (tertiary/aromatic N) is 4. The van der Waals surface area contributed by atoms with Crippen molar-refractivity contribution in [1.29, 1.82) is 0 Å². The summed E-state index contributed by atoms with van der Waals surface area (Å²) < 4.78 is 0. The summed E-state index contributed by atoms with van der Waals surface area (Å²) in [5, 5.41) is 3.13. The zero-order valence-electron chi connectivity index (χ0n) is 13.8. The standard InChI is InChI=1S/C16H19N7OS/c1-11-14(22-10-21-11)9-25-5-4-19-16-20-7-12(15(24)23-16)6-13-8-17-2-3-18-13/h2-3,7-8,10H,4-6,9H2,1H3,(H,21,22)(H2,19,20,23,24). The van der Waals surface area contributed by atoms with Crippen molar-refractivity contribution in [3.63, 3.8) is 0 Å². The molecule has 8 nitrogen and oxygen atoms in total. The predicted molar refractivity (Wildman–Crippen MR) is 97.7 cm³/mol. The lowest BCUT2D eigenvalue weighted by Crippen LogP contribution is -2.18. The third-order valence-corrected chi connectivity index (χ3v) is 4.54. The molecule has 3 N–H and O–H groups in total. The van der Waals surface area contributed by atoms with Crippen molar-refractivity contribution in [2.24, 2.45) is 0 Å². The Balaban J connectivity index is 1.46. The van der Waals surface area contributed by atoms with E-state index in [4.69, 9.17) is 0 Å². The minimum atomic E-state index is -0.164. The molecule has 0 radical (unpaired) electrons. The van der Waals surface area contributed by atoms with Crippen molar-refractivity contribution in [3.8, 4) is 0 Å². The number of rotatable bonds is 8. The first-order valence-electron chi connectivity index (χ1n) is 7.86. The van der Waals surface area contributed by atoms with Crippen LogP contribution in [-0.2, 0) is 12.2 Å². The van der Waals surface area contributed by atoms with Crippen molar-refractivity contribution in [1.82, 2.24) is 29.9 Å². The fourth-order valence-corrected chi connectivity index (χ4v) is 3.07. The molecule has 3 aromatic heterocycles. The fourth-order valence-electron chi connectivity index (χ4n) is 2.20. The largest absolute Gasteiger partial charge is 0.355 e. The van der Waals surface area contributed by atoms with Gasteiger partial charge in [0.1, 0.15) is 0 Å². The molecule has 25 heavy (non-hydrogen) atoms. The number of aryl methyl sites for hydroxylation is 1. The summed E-state index contributed by atoms with van der Waals surface area (Å²) in [6.45, 7) is 2.72. The Morgan fingerprint density at radius 3 is 2.84 bits per heavy atom. The van der Waals surface area contributed by atoms with Gasteiger partial charge in [-0.25, -0.2) is 9.97 Å². The highest BCUT2D eigenvalue weighted by molar-refractivity contribution is 7.98. The summed E-state index contributed by atoms with van der Waals surface area (Å²) in [5.74, 6) is 2.22. The smallest absolute Gasteiger partial charge is 0.255 e. The number of imidazole rings is 1. The number of hydrogen-bond donors (Lipinski definition) is 3. The van der Waals surface area contributed by atoms with E-state index < -0.39 is 0 Å². The average molecular weight is 357 g/mol. The predicted octanol–water partition coefficient (Wildman–Crippen LogP) is 1.53. The quantitative estimate of drug-likeness (QED) is 0.524. The van der Waals surface area contributed by atoms with E-state index in [-0.39, 0.29) is 5.56 Å². The number of nitrogens with one attached hydrogen (secondary N) is 3. The van der Waals surface area contributed by atoms with Crippen LogP contribution in [0.25, 0.3) is 0 Å². The van der Waals surface area contributed by atoms with E-state index in [1.807, 2.05) is 6.92 Å². The molecular formula is C16H19N7OS. The Morgan fingerprint density at radius 1 is 1.20 bits per heavy atom. The minimum absolute atomic E-state index is 0.164. The molecule has 3 heterocycles. The lowest BCUT2D eigenvalue weighted by Gasteiger charge is -2.06. The molecule has 0 fully saturated rings. The monoisotopic (exact) mass is 357 g/mol. The van der Waals surface area contributed by atoms with Gasteiger partial charge < -0.3 is 10.3 Å². The van der Waals surface area contributed by atoms with E-state index >= 15 is 0 Å². The van der Waals surface area contributed by atoms with Crippen LogP contribution in [0.3, 0.4) is 0 Å². The van der Waals surface area contributed by atoms with E-state index in [2.05, 4.69) is 35.2 Å². The summed E-state index contributed by atoms with van der Waals surface area (Å²) in [4.78, 5) is 34.6. The summed E-state index contributed by atoms with van der Waals surface area (Å²) in [5.41, 5.74) is 3.31. The van der Waals surface area contributed by atoms with Crippen molar-refractivity contribution in [3.05, 3.63) is 64.1 Å². The van der Waals surface area contributed by atoms with Crippen LogP contribution in [0.2, 0.25) is 0 Å². The second-order valence-electron chi connectivity index (χ2n) is 5.41. The number of hydrogen-bond acceptors (Lipinski definition) is 7. The second-order valence-corrected chi connectivity index (χ2v) is 6.52. The third kappa shape index (κ3) is 4.90. The molecule has 130 valence electrons. The van der Waals surface area contributed by atoms with Gasteiger partial charge in [0.05, 0.1) is 17.7 Å². The molecule has 0 aromatic carbocycles. The lowest BCUT2D eigenvalue weighted by atomic mass is 10.2. The van der Waals surface area contributed by atoms with Gasteiger partial charge in [0.25, 0.3) is 5.56 Å². The van der Waals surface area contributed by atoms with Gasteiger partial charge in [0.2, 0.25) is 5.95 Å². The number of anilines is 1. The van der Waals surface area contributed by atoms with Gasteiger partial charge >= 0.3 is 0 Å². The first-order valence-corrected chi connectivity index (χ1v) is 9.01. The van der Waals surface area contributed by atoms with E-state index in [1.54, 1.807) is 42.9 Å².